The van der Waals surface area contributed by atoms with Crippen LogP contribution in [0.25, 0.3) is 11.2 Å². The van der Waals surface area contributed by atoms with E-state index >= 15 is 0 Å². The molecule has 0 bridgehead atoms. The van der Waals surface area contributed by atoms with Crippen LogP contribution in [0.4, 0.5) is 30.8 Å². The molecule has 1 aliphatic heterocycles. The smallest absolute Gasteiger partial charge is 0.350 e. The summed E-state index contributed by atoms with van der Waals surface area (Å²) in [5.74, 6) is 0.910. The third-order valence-corrected chi connectivity index (χ3v) is 4.90. The highest BCUT2D eigenvalue weighted by atomic mass is 19.4. The Bertz CT molecular complexity index is 1060. The van der Waals surface area contributed by atoms with Crippen LogP contribution in [0.1, 0.15) is 45.3 Å². The van der Waals surface area contributed by atoms with Crippen molar-refractivity contribution < 1.29 is 13.2 Å². The topological polar surface area (TPSA) is 92.6 Å². The van der Waals surface area contributed by atoms with Gasteiger partial charge in [-0.05, 0) is 58.8 Å². The molecule has 1 aliphatic rings. The van der Waals surface area contributed by atoms with Crippen molar-refractivity contribution in [3.05, 3.63) is 30.2 Å². The lowest BCUT2D eigenvalue weighted by atomic mass is 10.1. The number of rotatable bonds is 4. The molecule has 0 aliphatic carbocycles. The Morgan fingerprint density at radius 3 is 2.52 bits per heavy atom. The number of nitrogens with one attached hydrogen (secondary N) is 3. The van der Waals surface area contributed by atoms with Crippen LogP contribution in [-0.2, 0) is 6.18 Å². The Balaban J connectivity index is 1.77. The van der Waals surface area contributed by atoms with Crippen LogP contribution >= 0.6 is 0 Å². The number of pyridine rings is 1. The van der Waals surface area contributed by atoms with E-state index in [-0.39, 0.29) is 17.3 Å². The molecule has 3 aromatic rings. The number of nitrogens with zero attached hydrogens (tertiary/aromatic N) is 5. The lowest BCUT2D eigenvalue weighted by Gasteiger charge is -2.26. The molecule has 3 aromatic heterocycles. The molecule has 31 heavy (non-hydrogen) atoms. The molecule has 0 unspecified atom stereocenters. The SMILES string of the molecule is CC(C)(C)Nc1ncc2nc(Nc3ccnc(C(F)(F)F)c3)n(C3CCNCC3)c2n1. The summed E-state index contributed by atoms with van der Waals surface area (Å²) in [6.45, 7) is 7.73. The average molecular weight is 434 g/mol. The minimum Gasteiger partial charge on any atom is -0.350 e. The number of imidazole rings is 1. The predicted molar refractivity (Wildman–Crippen MR) is 112 cm³/mol. The van der Waals surface area contributed by atoms with E-state index < -0.39 is 11.9 Å². The monoisotopic (exact) mass is 434 g/mol. The Kier molecular flexibility index (Phi) is 5.46. The number of halogens is 3. The zero-order chi connectivity index (χ0) is 22.2. The number of piperidine rings is 1. The summed E-state index contributed by atoms with van der Waals surface area (Å²) in [5, 5.41) is 9.63. The van der Waals surface area contributed by atoms with Gasteiger partial charge in [-0.1, -0.05) is 0 Å². The minimum absolute atomic E-state index is 0.107. The van der Waals surface area contributed by atoms with Crippen LogP contribution < -0.4 is 16.0 Å². The van der Waals surface area contributed by atoms with Gasteiger partial charge in [0.1, 0.15) is 11.2 Å². The van der Waals surface area contributed by atoms with E-state index in [1.54, 1.807) is 6.20 Å². The van der Waals surface area contributed by atoms with Crippen molar-refractivity contribution in [3.63, 3.8) is 0 Å². The normalized spacial score (nSPS) is 15.9. The third-order valence-electron chi connectivity index (χ3n) is 4.90. The fraction of sp³-hybridized carbons (Fsp3) is 0.500. The van der Waals surface area contributed by atoms with E-state index in [0.29, 0.717) is 23.1 Å². The number of hydrogen-bond donors (Lipinski definition) is 3. The Hall–Kier alpha value is -2.95. The molecule has 166 valence electrons. The van der Waals surface area contributed by atoms with E-state index in [2.05, 4.69) is 35.9 Å². The Morgan fingerprint density at radius 2 is 1.84 bits per heavy atom. The number of fused-ring (bicyclic) bond motifs is 1. The third kappa shape index (κ3) is 4.87. The van der Waals surface area contributed by atoms with Crippen LogP contribution in [0.2, 0.25) is 0 Å². The van der Waals surface area contributed by atoms with Crippen LogP contribution in [0.5, 0.6) is 0 Å². The fourth-order valence-corrected chi connectivity index (χ4v) is 3.58. The molecule has 4 rings (SSSR count). The van der Waals surface area contributed by atoms with Gasteiger partial charge in [0.05, 0.1) is 6.20 Å². The van der Waals surface area contributed by atoms with Gasteiger partial charge in [0.25, 0.3) is 0 Å². The van der Waals surface area contributed by atoms with E-state index in [4.69, 9.17) is 0 Å². The molecule has 0 atom stereocenters. The van der Waals surface area contributed by atoms with Crippen LogP contribution in [0.3, 0.4) is 0 Å². The lowest BCUT2D eigenvalue weighted by molar-refractivity contribution is -0.141. The van der Waals surface area contributed by atoms with E-state index in [9.17, 15) is 13.2 Å². The predicted octanol–water partition coefficient (Wildman–Crippen LogP) is 4.12. The summed E-state index contributed by atoms with van der Waals surface area (Å²) < 4.78 is 41.2. The van der Waals surface area contributed by atoms with Gasteiger partial charge in [-0.3, -0.25) is 9.55 Å². The van der Waals surface area contributed by atoms with Crippen LogP contribution in [0.15, 0.2) is 24.5 Å². The van der Waals surface area contributed by atoms with Gasteiger partial charge >= 0.3 is 6.18 Å². The molecular formula is C20H25F3N8. The highest BCUT2D eigenvalue weighted by Gasteiger charge is 2.32. The zero-order valence-electron chi connectivity index (χ0n) is 17.6. The first-order chi connectivity index (χ1) is 14.6. The van der Waals surface area contributed by atoms with Gasteiger partial charge in [-0.15, -0.1) is 0 Å². The van der Waals surface area contributed by atoms with Crippen LogP contribution in [0, 0.1) is 0 Å². The molecule has 0 spiro atoms. The van der Waals surface area contributed by atoms with Crippen molar-refractivity contribution in [1.82, 2.24) is 29.8 Å². The van der Waals surface area contributed by atoms with Crippen molar-refractivity contribution in [3.8, 4) is 0 Å². The van der Waals surface area contributed by atoms with Crippen molar-refractivity contribution in [2.24, 2.45) is 0 Å². The first kappa shape index (κ1) is 21.3. The summed E-state index contributed by atoms with van der Waals surface area (Å²) in [6, 6.07) is 2.57. The van der Waals surface area contributed by atoms with E-state index in [1.807, 2.05) is 25.3 Å². The fourth-order valence-electron chi connectivity index (χ4n) is 3.58. The highest BCUT2D eigenvalue weighted by Crippen LogP contribution is 2.33. The molecule has 4 heterocycles. The first-order valence-electron chi connectivity index (χ1n) is 10.1. The summed E-state index contributed by atoms with van der Waals surface area (Å²) in [4.78, 5) is 17.0. The number of aromatic nitrogens is 5. The number of alkyl halides is 3. The molecule has 1 saturated heterocycles. The molecule has 11 heteroatoms. The molecule has 8 nitrogen and oxygen atoms in total. The molecular weight excluding hydrogens is 409 g/mol. The molecule has 0 amide bonds. The van der Waals surface area contributed by atoms with Gasteiger partial charge in [0.15, 0.2) is 5.65 Å². The van der Waals surface area contributed by atoms with Gasteiger partial charge in [-0.25, -0.2) is 9.97 Å². The molecule has 0 aromatic carbocycles. The van der Waals surface area contributed by atoms with E-state index in [0.717, 1.165) is 38.2 Å². The molecule has 0 radical (unpaired) electrons. The summed E-state index contributed by atoms with van der Waals surface area (Å²) in [7, 11) is 0. The van der Waals surface area contributed by atoms with Crippen LogP contribution in [-0.4, -0.2) is 43.1 Å². The van der Waals surface area contributed by atoms with Crippen molar-refractivity contribution in [1.29, 1.82) is 0 Å². The molecule has 1 fully saturated rings. The lowest BCUT2D eigenvalue weighted by Crippen LogP contribution is -2.30. The second-order valence-electron chi connectivity index (χ2n) is 8.62. The highest BCUT2D eigenvalue weighted by molar-refractivity contribution is 5.76. The van der Waals surface area contributed by atoms with Gasteiger partial charge < -0.3 is 16.0 Å². The van der Waals surface area contributed by atoms with Crippen molar-refractivity contribution in [2.45, 2.75) is 51.4 Å². The number of anilines is 3. The maximum Gasteiger partial charge on any atom is 0.433 e. The average Bonchev–Trinajstić information content (AvgIpc) is 3.04. The summed E-state index contributed by atoms with van der Waals surface area (Å²) >= 11 is 0. The van der Waals surface area contributed by atoms with Crippen molar-refractivity contribution in [2.75, 3.05) is 23.7 Å². The maximum atomic E-state index is 13.1. The summed E-state index contributed by atoms with van der Waals surface area (Å²) in [6.07, 6.45) is -0.0425. The summed E-state index contributed by atoms with van der Waals surface area (Å²) in [5.41, 5.74) is 0.290. The van der Waals surface area contributed by atoms with E-state index in [1.165, 1.54) is 6.07 Å². The number of hydrogen-bond acceptors (Lipinski definition) is 7. The molecule has 0 saturated carbocycles. The van der Waals surface area contributed by atoms with Crippen molar-refractivity contribution >= 4 is 28.7 Å². The largest absolute Gasteiger partial charge is 0.433 e. The second kappa shape index (κ2) is 7.95. The molecule has 3 N–H and O–H groups in total. The Labute approximate surface area is 177 Å². The minimum atomic E-state index is -4.52. The van der Waals surface area contributed by atoms with Gasteiger partial charge in [-0.2, -0.15) is 18.2 Å². The zero-order valence-corrected chi connectivity index (χ0v) is 17.6. The maximum absolute atomic E-state index is 13.1. The quantitative estimate of drug-likeness (QED) is 0.569. The van der Waals surface area contributed by atoms with Gasteiger partial charge in [0, 0.05) is 23.5 Å². The Morgan fingerprint density at radius 1 is 1.10 bits per heavy atom. The standard InChI is InChI=1S/C20H25F3N8/c1-19(2,3)30-17-26-11-14-16(29-17)31(13-5-7-24-8-6-13)18(28-14)27-12-4-9-25-15(10-12)20(21,22)23/h4,9-11,13,24H,5-8H2,1-3H3,(H,25,27,28)(H,26,29,30). The second-order valence-corrected chi connectivity index (χ2v) is 8.62. The first-order valence-corrected chi connectivity index (χ1v) is 10.1. The van der Waals surface area contributed by atoms with Gasteiger partial charge in [0.2, 0.25) is 11.9 Å².